The molecule has 96 valence electrons. The molecule has 2 aromatic heterocycles. The molecule has 2 N–H and O–H groups in total. The largest absolute Gasteiger partial charge is 0.494 e. The van der Waals surface area contributed by atoms with Crippen molar-refractivity contribution in [2.75, 3.05) is 0 Å². The highest BCUT2D eigenvalue weighted by atomic mass is 16.3. The Balaban J connectivity index is 2.54. The van der Waals surface area contributed by atoms with E-state index < -0.39 is 11.2 Å². The maximum absolute atomic E-state index is 11.7. The number of hydrogen-bond donors (Lipinski definition) is 2. The zero-order chi connectivity index (χ0) is 13.4. The summed E-state index contributed by atoms with van der Waals surface area (Å²) in [5, 5.41) is 14.0. The van der Waals surface area contributed by atoms with Crippen molar-refractivity contribution in [1.82, 2.24) is 19.3 Å². The number of aromatic hydroxyl groups is 1. The molecule has 0 aliphatic rings. The van der Waals surface area contributed by atoms with Crippen LogP contribution in [0.1, 0.15) is 16.8 Å². The van der Waals surface area contributed by atoms with Crippen molar-refractivity contribution in [3.63, 3.8) is 0 Å². The van der Waals surface area contributed by atoms with Gasteiger partial charge in [-0.25, -0.2) is 4.79 Å². The van der Waals surface area contributed by atoms with Crippen LogP contribution in [0.4, 0.5) is 0 Å². The zero-order valence-electron chi connectivity index (χ0n) is 10.4. The molecular weight excluding hydrogens is 236 g/mol. The predicted octanol–water partition coefficient (Wildman–Crippen LogP) is -0.359. The highest BCUT2D eigenvalue weighted by molar-refractivity contribution is 5.23. The van der Waals surface area contributed by atoms with Crippen molar-refractivity contribution >= 4 is 0 Å². The topological polar surface area (TPSA) is 92.9 Å². The molecule has 0 amide bonds. The first kappa shape index (κ1) is 12.2. The van der Waals surface area contributed by atoms with Gasteiger partial charge in [-0.2, -0.15) is 5.10 Å². The molecule has 2 aromatic rings. The fourth-order valence-corrected chi connectivity index (χ4v) is 1.78. The molecule has 0 radical (unpaired) electrons. The van der Waals surface area contributed by atoms with Crippen LogP contribution in [0.25, 0.3) is 0 Å². The van der Waals surface area contributed by atoms with E-state index in [0.29, 0.717) is 0 Å². The highest BCUT2D eigenvalue weighted by Crippen LogP contribution is 2.12. The quantitative estimate of drug-likeness (QED) is 0.761. The minimum absolute atomic E-state index is 0.121. The van der Waals surface area contributed by atoms with Crippen LogP contribution < -0.4 is 11.2 Å². The van der Waals surface area contributed by atoms with Gasteiger partial charge >= 0.3 is 5.69 Å². The Hall–Kier alpha value is -2.31. The first-order valence-corrected chi connectivity index (χ1v) is 5.42. The second-order valence-corrected chi connectivity index (χ2v) is 4.21. The van der Waals surface area contributed by atoms with Gasteiger partial charge in [-0.15, -0.1) is 0 Å². The van der Waals surface area contributed by atoms with Gasteiger partial charge in [0.25, 0.3) is 5.56 Å². The Bertz CT molecular complexity index is 708. The van der Waals surface area contributed by atoms with Crippen LogP contribution in [0.15, 0.2) is 15.8 Å². The standard InChI is InChI=1S/C11H14N4O3/c1-6-9(16)12-11(18)15(10(6)17)5-8-4-14(3)13-7(8)2/h4,17H,5H2,1-3H3,(H,12,16,18). The Kier molecular flexibility index (Phi) is 2.82. The second-order valence-electron chi connectivity index (χ2n) is 4.21. The molecule has 0 fully saturated rings. The molecule has 0 aliphatic carbocycles. The molecule has 18 heavy (non-hydrogen) atoms. The highest BCUT2D eigenvalue weighted by Gasteiger charge is 2.12. The van der Waals surface area contributed by atoms with E-state index in [-0.39, 0.29) is 18.0 Å². The first-order valence-electron chi connectivity index (χ1n) is 5.42. The lowest BCUT2D eigenvalue weighted by molar-refractivity contribution is 0.404. The predicted molar refractivity (Wildman–Crippen MR) is 64.8 cm³/mol. The van der Waals surface area contributed by atoms with E-state index in [9.17, 15) is 14.7 Å². The average molecular weight is 250 g/mol. The summed E-state index contributed by atoms with van der Waals surface area (Å²) < 4.78 is 2.74. The number of H-pyrrole nitrogens is 1. The number of hydrogen-bond acceptors (Lipinski definition) is 4. The van der Waals surface area contributed by atoms with Crippen LogP contribution in [-0.4, -0.2) is 24.4 Å². The van der Waals surface area contributed by atoms with Crippen LogP contribution in [0.5, 0.6) is 5.88 Å². The van der Waals surface area contributed by atoms with E-state index >= 15 is 0 Å². The number of rotatable bonds is 2. The molecule has 0 saturated heterocycles. The summed E-state index contributed by atoms with van der Waals surface area (Å²) in [6, 6.07) is 0. The lowest BCUT2D eigenvalue weighted by atomic mass is 10.2. The van der Waals surface area contributed by atoms with E-state index in [4.69, 9.17) is 0 Å². The minimum atomic E-state index is -0.633. The molecule has 0 unspecified atom stereocenters. The van der Waals surface area contributed by atoms with Crippen molar-refractivity contribution in [1.29, 1.82) is 0 Å². The molecule has 0 saturated carbocycles. The van der Waals surface area contributed by atoms with Crippen molar-refractivity contribution in [2.45, 2.75) is 20.4 Å². The number of aromatic nitrogens is 4. The Morgan fingerprint density at radius 1 is 1.39 bits per heavy atom. The normalized spacial score (nSPS) is 10.8. The third-order valence-electron chi connectivity index (χ3n) is 2.84. The molecule has 2 rings (SSSR count). The smallest absolute Gasteiger partial charge is 0.331 e. The Morgan fingerprint density at radius 2 is 2.06 bits per heavy atom. The Morgan fingerprint density at radius 3 is 2.61 bits per heavy atom. The fraction of sp³-hybridized carbons (Fsp3) is 0.364. The number of aromatic amines is 1. The SMILES string of the molecule is Cc1nn(C)cc1Cn1c(O)c(C)c(=O)[nH]c1=O. The third kappa shape index (κ3) is 1.94. The van der Waals surface area contributed by atoms with Crippen LogP contribution in [-0.2, 0) is 13.6 Å². The molecule has 0 bridgehead atoms. The van der Waals surface area contributed by atoms with Crippen LogP contribution in [0.3, 0.4) is 0 Å². The average Bonchev–Trinajstić information content (AvgIpc) is 2.60. The van der Waals surface area contributed by atoms with Gasteiger partial charge in [0.2, 0.25) is 5.88 Å². The number of aryl methyl sites for hydroxylation is 2. The summed E-state index contributed by atoms with van der Waals surface area (Å²) in [6.45, 7) is 3.44. The third-order valence-corrected chi connectivity index (χ3v) is 2.84. The molecule has 0 spiro atoms. The molecule has 7 nitrogen and oxygen atoms in total. The summed E-state index contributed by atoms with van der Waals surface area (Å²) >= 11 is 0. The van der Waals surface area contributed by atoms with E-state index in [2.05, 4.69) is 10.1 Å². The van der Waals surface area contributed by atoms with Crippen molar-refractivity contribution in [3.8, 4) is 5.88 Å². The summed E-state index contributed by atoms with van der Waals surface area (Å²) in [7, 11) is 1.78. The molecule has 0 aromatic carbocycles. The van der Waals surface area contributed by atoms with Gasteiger partial charge < -0.3 is 5.11 Å². The second kappa shape index (κ2) is 4.17. The summed E-state index contributed by atoms with van der Waals surface area (Å²) in [5.41, 5.74) is 0.494. The molecule has 0 aliphatic heterocycles. The fourth-order valence-electron chi connectivity index (χ4n) is 1.78. The lowest BCUT2D eigenvalue weighted by Crippen LogP contribution is -2.31. The van der Waals surface area contributed by atoms with E-state index in [0.717, 1.165) is 15.8 Å². The molecule has 2 heterocycles. The van der Waals surface area contributed by atoms with Crippen molar-refractivity contribution in [3.05, 3.63) is 43.9 Å². The minimum Gasteiger partial charge on any atom is -0.494 e. The summed E-state index contributed by atoms with van der Waals surface area (Å²) in [5.74, 6) is -0.313. The van der Waals surface area contributed by atoms with Gasteiger partial charge in [0.1, 0.15) is 0 Å². The van der Waals surface area contributed by atoms with E-state index in [1.807, 2.05) is 6.92 Å². The van der Waals surface area contributed by atoms with Crippen molar-refractivity contribution < 1.29 is 5.11 Å². The molecular formula is C11H14N4O3. The summed E-state index contributed by atoms with van der Waals surface area (Å²) in [4.78, 5) is 25.1. The van der Waals surface area contributed by atoms with Gasteiger partial charge in [-0.3, -0.25) is 19.0 Å². The van der Waals surface area contributed by atoms with Crippen LogP contribution >= 0.6 is 0 Å². The van der Waals surface area contributed by atoms with Crippen molar-refractivity contribution in [2.24, 2.45) is 7.05 Å². The number of nitrogens with one attached hydrogen (secondary N) is 1. The first-order chi connectivity index (χ1) is 8.40. The molecule has 7 heteroatoms. The van der Waals surface area contributed by atoms with Crippen LogP contribution in [0, 0.1) is 13.8 Å². The lowest BCUT2D eigenvalue weighted by Gasteiger charge is -2.08. The van der Waals surface area contributed by atoms with E-state index in [1.54, 1.807) is 17.9 Å². The Labute approximate surface area is 102 Å². The van der Waals surface area contributed by atoms with Gasteiger partial charge in [-0.1, -0.05) is 0 Å². The number of nitrogens with zero attached hydrogens (tertiary/aromatic N) is 3. The maximum Gasteiger partial charge on any atom is 0.331 e. The van der Waals surface area contributed by atoms with E-state index in [1.165, 1.54) is 6.92 Å². The summed E-state index contributed by atoms with van der Waals surface area (Å²) in [6.07, 6.45) is 1.77. The van der Waals surface area contributed by atoms with Gasteiger partial charge in [0.15, 0.2) is 0 Å². The monoisotopic (exact) mass is 250 g/mol. The molecule has 0 atom stereocenters. The van der Waals surface area contributed by atoms with Gasteiger partial charge in [0.05, 0.1) is 17.8 Å². The van der Waals surface area contributed by atoms with Gasteiger partial charge in [0, 0.05) is 18.8 Å². The van der Waals surface area contributed by atoms with Gasteiger partial charge in [-0.05, 0) is 13.8 Å². The zero-order valence-corrected chi connectivity index (χ0v) is 10.4. The maximum atomic E-state index is 11.7. The van der Waals surface area contributed by atoms with Crippen LogP contribution in [0.2, 0.25) is 0 Å².